The van der Waals surface area contributed by atoms with Crippen LogP contribution in [-0.2, 0) is 7.05 Å². The maximum Gasteiger partial charge on any atom is 0.125 e. The van der Waals surface area contributed by atoms with Gasteiger partial charge in [-0.25, -0.2) is 4.68 Å². The highest BCUT2D eigenvalue weighted by Crippen LogP contribution is 2.30. The molecule has 1 heterocycles. The minimum Gasteiger partial charge on any atom is -0.507 e. The summed E-state index contributed by atoms with van der Waals surface area (Å²) in [5, 5.41) is 19.5. The van der Waals surface area contributed by atoms with E-state index in [0.717, 1.165) is 16.3 Å². The highest BCUT2D eigenvalue weighted by molar-refractivity contribution is 6.07. The Labute approximate surface area is 85.7 Å². The number of hydrogen-bond donors (Lipinski definition) is 1. The van der Waals surface area contributed by atoms with E-state index in [1.54, 1.807) is 10.7 Å². The molecule has 0 atom stereocenters. The summed E-state index contributed by atoms with van der Waals surface area (Å²) in [6, 6.07) is 9.33. The van der Waals surface area contributed by atoms with E-state index in [0.29, 0.717) is 5.52 Å². The Kier molecular flexibility index (Phi) is 1.48. The van der Waals surface area contributed by atoms with E-state index in [9.17, 15) is 5.11 Å². The molecule has 0 bridgehead atoms. The summed E-state index contributed by atoms with van der Waals surface area (Å²) in [4.78, 5) is 0. The summed E-state index contributed by atoms with van der Waals surface area (Å²) in [5.41, 5.74) is 1.66. The van der Waals surface area contributed by atoms with Crippen LogP contribution in [0.15, 0.2) is 30.3 Å². The number of aromatic nitrogens is 3. The number of fused-ring (bicyclic) bond motifs is 3. The fourth-order valence-electron chi connectivity index (χ4n) is 1.90. The number of phenols is 1. The molecule has 0 radical (unpaired) electrons. The van der Waals surface area contributed by atoms with Crippen LogP contribution in [0.1, 0.15) is 0 Å². The first kappa shape index (κ1) is 8.23. The van der Waals surface area contributed by atoms with Gasteiger partial charge in [-0.3, -0.25) is 0 Å². The number of hydrogen-bond acceptors (Lipinski definition) is 3. The van der Waals surface area contributed by atoms with Gasteiger partial charge in [-0.1, -0.05) is 29.5 Å². The molecule has 2 aromatic carbocycles. The molecule has 1 N–H and O–H groups in total. The predicted molar refractivity (Wildman–Crippen MR) is 57.7 cm³/mol. The number of aryl methyl sites for hydroxylation is 1. The molecule has 4 nitrogen and oxygen atoms in total. The van der Waals surface area contributed by atoms with Gasteiger partial charge in [0.1, 0.15) is 11.3 Å². The molecule has 15 heavy (non-hydrogen) atoms. The Balaban J connectivity index is 2.67. The number of benzene rings is 2. The molecule has 3 rings (SSSR count). The SMILES string of the molecule is Cn1nnc2cc(O)c3ccccc3c21. The fourth-order valence-corrected chi connectivity index (χ4v) is 1.90. The van der Waals surface area contributed by atoms with Gasteiger partial charge in [0.15, 0.2) is 0 Å². The van der Waals surface area contributed by atoms with Crippen LogP contribution >= 0.6 is 0 Å². The molecule has 0 aliphatic rings. The maximum atomic E-state index is 9.80. The van der Waals surface area contributed by atoms with Crippen molar-refractivity contribution in [3.05, 3.63) is 30.3 Å². The molecule has 74 valence electrons. The fraction of sp³-hybridized carbons (Fsp3) is 0.0909. The molecular formula is C11H9N3O. The average molecular weight is 199 g/mol. The lowest BCUT2D eigenvalue weighted by Crippen LogP contribution is -1.90. The largest absolute Gasteiger partial charge is 0.507 e. The lowest BCUT2D eigenvalue weighted by molar-refractivity contribution is 0.482. The quantitative estimate of drug-likeness (QED) is 0.601. The smallest absolute Gasteiger partial charge is 0.125 e. The van der Waals surface area contributed by atoms with Crippen molar-refractivity contribution in [2.24, 2.45) is 7.05 Å². The molecule has 0 fully saturated rings. The van der Waals surface area contributed by atoms with Crippen molar-refractivity contribution in [3.8, 4) is 5.75 Å². The third-order valence-electron chi connectivity index (χ3n) is 2.58. The van der Waals surface area contributed by atoms with Gasteiger partial charge >= 0.3 is 0 Å². The Hall–Kier alpha value is -2.10. The van der Waals surface area contributed by atoms with Crippen molar-refractivity contribution >= 4 is 21.8 Å². The molecular weight excluding hydrogens is 190 g/mol. The van der Waals surface area contributed by atoms with Gasteiger partial charge in [0.2, 0.25) is 0 Å². The van der Waals surface area contributed by atoms with Gasteiger partial charge in [-0.15, -0.1) is 5.10 Å². The lowest BCUT2D eigenvalue weighted by atomic mass is 10.1. The van der Waals surface area contributed by atoms with Gasteiger partial charge in [0, 0.05) is 23.9 Å². The molecule has 0 aliphatic heterocycles. The summed E-state index contributed by atoms with van der Waals surface area (Å²) < 4.78 is 1.72. The first-order chi connectivity index (χ1) is 7.27. The molecule has 0 aliphatic carbocycles. The molecule has 0 saturated carbocycles. The van der Waals surface area contributed by atoms with E-state index >= 15 is 0 Å². The summed E-state index contributed by atoms with van der Waals surface area (Å²) in [6.45, 7) is 0. The Bertz CT molecular complexity index is 657. The zero-order valence-corrected chi connectivity index (χ0v) is 8.18. The molecule has 0 unspecified atom stereocenters. The van der Waals surface area contributed by atoms with Crippen molar-refractivity contribution in [3.63, 3.8) is 0 Å². The second kappa shape index (κ2) is 2.70. The molecule has 0 spiro atoms. The highest BCUT2D eigenvalue weighted by Gasteiger charge is 2.09. The van der Waals surface area contributed by atoms with Crippen LogP contribution in [0, 0.1) is 0 Å². The Morgan fingerprint density at radius 2 is 1.93 bits per heavy atom. The van der Waals surface area contributed by atoms with Crippen molar-refractivity contribution in [1.82, 2.24) is 15.0 Å². The molecule has 0 saturated heterocycles. The molecule has 4 heteroatoms. The predicted octanol–water partition coefficient (Wildman–Crippen LogP) is 1.83. The number of aromatic hydroxyl groups is 1. The van der Waals surface area contributed by atoms with E-state index in [4.69, 9.17) is 0 Å². The lowest BCUT2D eigenvalue weighted by Gasteiger charge is -2.02. The van der Waals surface area contributed by atoms with E-state index in [2.05, 4.69) is 10.3 Å². The van der Waals surface area contributed by atoms with E-state index in [1.165, 1.54) is 0 Å². The number of nitrogens with zero attached hydrogens (tertiary/aromatic N) is 3. The van der Waals surface area contributed by atoms with Crippen LogP contribution < -0.4 is 0 Å². The second-order valence-electron chi connectivity index (χ2n) is 3.52. The van der Waals surface area contributed by atoms with Gasteiger partial charge in [-0.05, 0) is 0 Å². The van der Waals surface area contributed by atoms with Crippen molar-refractivity contribution in [2.75, 3.05) is 0 Å². The highest BCUT2D eigenvalue weighted by atomic mass is 16.3. The zero-order valence-electron chi connectivity index (χ0n) is 8.18. The second-order valence-corrected chi connectivity index (χ2v) is 3.52. The van der Waals surface area contributed by atoms with Gasteiger partial charge in [-0.2, -0.15) is 0 Å². The van der Waals surface area contributed by atoms with Crippen LogP contribution in [0.5, 0.6) is 5.75 Å². The van der Waals surface area contributed by atoms with Crippen molar-refractivity contribution < 1.29 is 5.11 Å². The Morgan fingerprint density at radius 3 is 2.73 bits per heavy atom. The molecule has 3 aromatic rings. The first-order valence-corrected chi connectivity index (χ1v) is 4.67. The zero-order chi connectivity index (χ0) is 10.4. The minimum absolute atomic E-state index is 0.249. The average Bonchev–Trinajstić information content (AvgIpc) is 2.61. The molecule has 1 aromatic heterocycles. The Morgan fingerprint density at radius 1 is 1.20 bits per heavy atom. The maximum absolute atomic E-state index is 9.80. The topological polar surface area (TPSA) is 50.9 Å². The van der Waals surface area contributed by atoms with E-state index in [1.807, 2.05) is 31.3 Å². The van der Waals surface area contributed by atoms with Gasteiger partial charge < -0.3 is 5.11 Å². The third-order valence-corrected chi connectivity index (χ3v) is 2.58. The molecule has 0 amide bonds. The standard InChI is InChI=1S/C11H9N3O/c1-14-11-8-5-3-2-4-7(8)10(15)6-9(11)12-13-14/h2-6,15H,1H3. The van der Waals surface area contributed by atoms with Crippen LogP contribution in [-0.4, -0.2) is 20.1 Å². The van der Waals surface area contributed by atoms with Crippen LogP contribution in [0.2, 0.25) is 0 Å². The van der Waals surface area contributed by atoms with Crippen LogP contribution in [0.3, 0.4) is 0 Å². The summed E-state index contributed by atoms with van der Waals surface area (Å²) in [6.07, 6.45) is 0. The summed E-state index contributed by atoms with van der Waals surface area (Å²) in [7, 11) is 1.85. The van der Waals surface area contributed by atoms with Crippen molar-refractivity contribution in [2.45, 2.75) is 0 Å². The summed E-state index contributed by atoms with van der Waals surface area (Å²) in [5.74, 6) is 0.249. The van der Waals surface area contributed by atoms with Gasteiger partial charge in [0.05, 0.1) is 5.52 Å². The number of phenolic OH excluding ortho intramolecular Hbond substituents is 1. The van der Waals surface area contributed by atoms with Crippen molar-refractivity contribution in [1.29, 1.82) is 0 Å². The normalized spacial score (nSPS) is 11.3. The monoisotopic (exact) mass is 199 g/mol. The van der Waals surface area contributed by atoms with Crippen LogP contribution in [0.4, 0.5) is 0 Å². The van der Waals surface area contributed by atoms with Crippen LogP contribution in [0.25, 0.3) is 21.8 Å². The third kappa shape index (κ3) is 1.01. The van der Waals surface area contributed by atoms with Gasteiger partial charge in [0.25, 0.3) is 0 Å². The number of rotatable bonds is 0. The van der Waals surface area contributed by atoms with E-state index < -0.39 is 0 Å². The first-order valence-electron chi connectivity index (χ1n) is 4.67. The summed E-state index contributed by atoms with van der Waals surface area (Å²) >= 11 is 0. The van der Waals surface area contributed by atoms with E-state index in [-0.39, 0.29) is 5.75 Å². The minimum atomic E-state index is 0.249.